The van der Waals surface area contributed by atoms with Crippen LogP contribution in [0.15, 0.2) is 30.3 Å². The monoisotopic (exact) mass is 222 g/mol. The molecule has 0 saturated carbocycles. The number of aromatic nitrogens is 1. The normalized spacial score (nSPS) is 11.2. The zero-order valence-electron chi connectivity index (χ0n) is 11.0. The number of hydrogen-bond donors (Lipinski definition) is 0. The summed E-state index contributed by atoms with van der Waals surface area (Å²) in [6, 6.07) is 9.44. The summed E-state index contributed by atoms with van der Waals surface area (Å²) in [5.74, 6) is 0.0613. The topological polar surface area (TPSA) is 37.2 Å². The summed E-state index contributed by atoms with van der Waals surface area (Å²) in [6.07, 6.45) is 1.04. The first-order chi connectivity index (χ1) is 7.54. The van der Waals surface area contributed by atoms with Crippen LogP contribution < -0.4 is 29.0 Å². The maximum absolute atomic E-state index is 11.7. The Balaban J connectivity index is 0.00000144. The number of H-pyrrole nitrogens is 1. The van der Waals surface area contributed by atoms with E-state index in [4.69, 9.17) is 0 Å². The fourth-order valence-electron chi connectivity index (χ4n) is 1.76. The predicted octanol–water partition coefficient (Wildman–Crippen LogP) is -0.581. The summed E-state index contributed by atoms with van der Waals surface area (Å²) in [4.78, 5) is 3.27. The third kappa shape index (κ3) is 2.65. The quantitative estimate of drug-likeness (QED) is 0.626. The van der Waals surface area contributed by atoms with Crippen LogP contribution in [0.25, 0.3) is 10.9 Å². The molecule has 0 atom stereocenters. The minimum Gasteiger partial charge on any atom is -0.868 e. The molecule has 2 nitrogen and oxygen atoms in total. The van der Waals surface area contributed by atoms with Crippen molar-refractivity contribution >= 4 is 10.9 Å². The second-order valence-electron chi connectivity index (χ2n) is 4.83. The largest absolute Gasteiger partial charge is 1.00 e. The zero-order valence-corrected chi connectivity index (χ0v) is 11.0. The smallest absolute Gasteiger partial charge is 0.868 e. The van der Waals surface area contributed by atoms with Crippen molar-refractivity contribution in [1.82, 2.24) is 0 Å². The molecule has 0 aliphatic rings. The molecule has 1 N–H and O–H groups in total. The maximum Gasteiger partial charge on any atom is 1.00 e. The second kappa shape index (κ2) is 5.12. The standard InChI is InChI=1S/C14H17NO.Li/c1-4-14(2,3)12-9-8-10-6-5-7-11(16)13(10)15-12;/h5-9,16H,4H2,1-3H3;/q;+1. The molecule has 0 bridgehead atoms. The Labute approximate surface area is 114 Å². The van der Waals surface area contributed by atoms with E-state index in [1.807, 2.05) is 12.1 Å². The molecule has 1 heterocycles. The van der Waals surface area contributed by atoms with Crippen LogP contribution in [-0.2, 0) is 5.41 Å². The Morgan fingerprint density at radius 3 is 2.53 bits per heavy atom. The molecule has 1 aromatic carbocycles. The van der Waals surface area contributed by atoms with E-state index in [1.165, 1.54) is 0 Å². The predicted molar refractivity (Wildman–Crippen MR) is 63.3 cm³/mol. The zero-order chi connectivity index (χ0) is 11.8. The molecule has 0 aliphatic carbocycles. The molecule has 3 heteroatoms. The van der Waals surface area contributed by atoms with Crippen molar-refractivity contribution in [2.75, 3.05) is 0 Å². The first kappa shape index (κ1) is 14.1. The molecule has 17 heavy (non-hydrogen) atoms. The molecular weight excluding hydrogens is 205 g/mol. The minimum atomic E-state index is 0. The van der Waals surface area contributed by atoms with Crippen molar-refractivity contribution in [3.8, 4) is 5.75 Å². The van der Waals surface area contributed by atoms with E-state index in [0.29, 0.717) is 5.52 Å². The minimum absolute atomic E-state index is 0. The van der Waals surface area contributed by atoms with Gasteiger partial charge in [-0.3, -0.25) is 0 Å². The van der Waals surface area contributed by atoms with Crippen LogP contribution in [0.2, 0.25) is 0 Å². The number of benzene rings is 1. The number of para-hydroxylation sites is 1. The summed E-state index contributed by atoms with van der Waals surface area (Å²) < 4.78 is 0. The molecule has 0 saturated heterocycles. The van der Waals surface area contributed by atoms with Gasteiger partial charge < -0.3 is 5.11 Å². The summed E-state index contributed by atoms with van der Waals surface area (Å²) >= 11 is 0. The number of nitrogens with one attached hydrogen (secondary N) is 1. The van der Waals surface area contributed by atoms with Gasteiger partial charge in [0.25, 0.3) is 0 Å². The number of aromatic amines is 1. The van der Waals surface area contributed by atoms with Gasteiger partial charge in [0.1, 0.15) is 0 Å². The van der Waals surface area contributed by atoms with Crippen molar-refractivity contribution in [1.29, 1.82) is 0 Å². The van der Waals surface area contributed by atoms with E-state index in [-0.39, 0.29) is 30.0 Å². The average Bonchev–Trinajstić information content (AvgIpc) is 2.29. The van der Waals surface area contributed by atoms with E-state index in [9.17, 15) is 5.11 Å². The van der Waals surface area contributed by atoms with Gasteiger partial charge in [-0.25, -0.2) is 4.98 Å². The Bertz CT molecular complexity index is 523. The molecule has 0 fully saturated rings. The van der Waals surface area contributed by atoms with Gasteiger partial charge in [0.15, 0.2) is 5.69 Å². The first-order valence-corrected chi connectivity index (χ1v) is 5.67. The molecule has 2 rings (SSSR count). The molecule has 84 valence electrons. The summed E-state index contributed by atoms with van der Waals surface area (Å²) in [5.41, 5.74) is 1.91. The van der Waals surface area contributed by atoms with Gasteiger partial charge >= 0.3 is 18.9 Å². The van der Waals surface area contributed by atoms with Crippen LogP contribution in [0.4, 0.5) is 0 Å². The van der Waals surface area contributed by atoms with Crippen molar-refractivity contribution in [3.63, 3.8) is 0 Å². The van der Waals surface area contributed by atoms with Gasteiger partial charge in [-0.1, -0.05) is 19.1 Å². The number of rotatable bonds is 2. The van der Waals surface area contributed by atoms with Gasteiger partial charge in [-0.2, -0.15) is 0 Å². The molecule has 0 radical (unpaired) electrons. The molecule has 0 amide bonds. The fourth-order valence-corrected chi connectivity index (χ4v) is 1.76. The molecule has 0 spiro atoms. The molecule has 0 aliphatic heterocycles. The average molecular weight is 222 g/mol. The number of hydrogen-bond acceptors (Lipinski definition) is 1. The molecule has 1 aromatic heterocycles. The number of fused-ring (bicyclic) bond motifs is 1. The summed E-state index contributed by atoms with van der Waals surface area (Å²) in [7, 11) is 0. The van der Waals surface area contributed by atoms with Crippen molar-refractivity contribution < 1.29 is 29.0 Å². The van der Waals surface area contributed by atoms with E-state index in [0.717, 1.165) is 17.5 Å². The van der Waals surface area contributed by atoms with Gasteiger partial charge in [0, 0.05) is 16.9 Å². The van der Waals surface area contributed by atoms with Crippen LogP contribution in [0.3, 0.4) is 0 Å². The molecular formula is C14H17LiNO+. The van der Waals surface area contributed by atoms with Crippen LogP contribution in [0.5, 0.6) is 5.75 Å². The third-order valence-corrected chi connectivity index (χ3v) is 3.36. The van der Waals surface area contributed by atoms with Crippen molar-refractivity contribution in [2.45, 2.75) is 32.6 Å². The third-order valence-electron chi connectivity index (χ3n) is 3.36. The van der Waals surface area contributed by atoms with Gasteiger partial charge in [-0.05, 0) is 38.2 Å². The van der Waals surface area contributed by atoms with Crippen LogP contribution >= 0.6 is 0 Å². The Morgan fingerprint density at radius 2 is 1.88 bits per heavy atom. The summed E-state index contributed by atoms with van der Waals surface area (Å²) in [6.45, 7) is 6.51. The van der Waals surface area contributed by atoms with Crippen LogP contribution in [0, 0.1) is 0 Å². The second-order valence-corrected chi connectivity index (χ2v) is 4.83. The first-order valence-electron chi connectivity index (χ1n) is 5.67. The SMILES string of the molecule is CCC(C)(C)c1ccc2cccc([O-])c2[nH+]1.[Li+]. The van der Waals surface area contributed by atoms with Crippen LogP contribution in [0.1, 0.15) is 32.9 Å². The van der Waals surface area contributed by atoms with Crippen molar-refractivity contribution in [2.24, 2.45) is 0 Å². The van der Waals surface area contributed by atoms with Gasteiger partial charge in [0.05, 0.1) is 0 Å². The number of pyridine rings is 1. The molecule has 0 unspecified atom stereocenters. The van der Waals surface area contributed by atoms with Crippen molar-refractivity contribution in [3.05, 3.63) is 36.0 Å². The van der Waals surface area contributed by atoms with E-state index >= 15 is 0 Å². The fraction of sp³-hybridized carbons (Fsp3) is 0.357. The van der Waals surface area contributed by atoms with Crippen LogP contribution in [-0.4, -0.2) is 0 Å². The Kier molecular flexibility index (Phi) is 4.25. The van der Waals surface area contributed by atoms with E-state index in [1.54, 1.807) is 12.1 Å². The van der Waals surface area contributed by atoms with Gasteiger partial charge in [0.2, 0.25) is 5.52 Å². The Morgan fingerprint density at radius 1 is 1.18 bits per heavy atom. The van der Waals surface area contributed by atoms with E-state index < -0.39 is 0 Å². The van der Waals surface area contributed by atoms with E-state index in [2.05, 4.69) is 31.8 Å². The maximum atomic E-state index is 11.7. The molecule has 2 aromatic rings. The Hall–Kier alpha value is -0.973. The summed E-state index contributed by atoms with van der Waals surface area (Å²) in [5, 5.41) is 12.7. The van der Waals surface area contributed by atoms with Gasteiger partial charge in [-0.15, -0.1) is 0 Å².